The molecule has 0 saturated heterocycles. The molecule has 0 fully saturated rings. The molecule has 2 aromatic rings. The van der Waals surface area contributed by atoms with Crippen molar-refractivity contribution in [2.75, 3.05) is 13.6 Å². The van der Waals surface area contributed by atoms with Crippen LogP contribution in [0.2, 0.25) is 0 Å². The standard InChI is InChI=1S/C20H23F4N/c1-3-19(20(22,23)24)25(2)13-12-16-6-4-5-7-17(16)14-15-8-10-18(21)11-9-15/h4-11,19H,3,12-14H2,1-2H3. The summed E-state index contributed by atoms with van der Waals surface area (Å²) in [5.41, 5.74) is 3.06. The zero-order chi connectivity index (χ0) is 18.4. The van der Waals surface area contributed by atoms with E-state index in [1.165, 1.54) is 24.1 Å². The molecule has 0 bridgehead atoms. The maximum Gasteiger partial charge on any atom is 0.404 e. The third-order valence-electron chi connectivity index (χ3n) is 4.46. The van der Waals surface area contributed by atoms with Crippen LogP contribution < -0.4 is 0 Å². The monoisotopic (exact) mass is 353 g/mol. The van der Waals surface area contributed by atoms with E-state index in [9.17, 15) is 17.6 Å². The Kier molecular flexibility index (Phi) is 6.59. The Bertz CT molecular complexity index is 664. The van der Waals surface area contributed by atoms with Gasteiger partial charge in [-0.25, -0.2) is 4.39 Å². The Hall–Kier alpha value is -1.88. The number of nitrogens with zero attached hydrogens (tertiary/aromatic N) is 1. The van der Waals surface area contributed by atoms with Gasteiger partial charge in [-0.3, -0.25) is 4.90 Å². The number of hydrogen-bond donors (Lipinski definition) is 0. The van der Waals surface area contributed by atoms with Crippen LogP contribution in [0.25, 0.3) is 0 Å². The fourth-order valence-corrected chi connectivity index (χ4v) is 3.04. The van der Waals surface area contributed by atoms with Gasteiger partial charge in [0.15, 0.2) is 0 Å². The summed E-state index contributed by atoms with van der Waals surface area (Å²) in [6, 6.07) is 12.6. The second kappa shape index (κ2) is 8.48. The van der Waals surface area contributed by atoms with Crippen molar-refractivity contribution in [2.45, 2.75) is 38.4 Å². The predicted octanol–water partition coefficient (Wildman–Crippen LogP) is 5.23. The molecule has 2 aromatic carbocycles. The van der Waals surface area contributed by atoms with Gasteiger partial charge in [0.2, 0.25) is 0 Å². The molecule has 0 aliphatic heterocycles. The summed E-state index contributed by atoms with van der Waals surface area (Å²) in [6.45, 7) is 1.88. The van der Waals surface area contributed by atoms with E-state index in [2.05, 4.69) is 0 Å². The molecule has 0 spiro atoms. The van der Waals surface area contributed by atoms with E-state index >= 15 is 0 Å². The summed E-state index contributed by atoms with van der Waals surface area (Å²) in [7, 11) is 1.52. The van der Waals surface area contributed by atoms with Gasteiger partial charge in [-0.15, -0.1) is 0 Å². The van der Waals surface area contributed by atoms with Crippen LogP contribution in [0.3, 0.4) is 0 Å². The Morgan fingerprint density at radius 2 is 1.56 bits per heavy atom. The largest absolute Gasteiger partial charge is 0.404 e. The zero-order valence-electron chi connectivity index (χ0n) is 14.5. The summed E-state index contributed by atoms with van der Waals surface area (Å²) in [4.78, 5) is 1.37. The van der Waals surface area contributed by atoms with Gasteiger partial charge in [0, 0.05) is 6.54 Å². The first-order chi connectivity index (χ1) is 11.8. The lowest BCUT2D eigenvalue weighted by Crippen LogP contribution is -2.43. The van der Waals surface area contributed by atoms with Crippen molar-refractivity contribution < 1.29 is 17.6 Å². The van der Waals surface area contributed by atoms with E-state index in [1.807, 2.05) is 24.3 Å². The minimum Gasteiger partial charge on any atom is -0.295 e. The van der Waals surface area contributed by atoms with Crippen LogP contribution in [0.5, 0.6) is 0 Å². The zero-order valence-corrected chi connectivity index (χ0v) is 14.5. The lowest BCUT2D eigenvalue weighted by atomic mass is 9.97. The number of alkyl halides is 3. The van der Waals surface area contributed by atoms with E-state index in [4.69, 9.17) is 0 Å². The maximum atomic E-state index is 13.0. The number of likely N-dealkylation sites (N-methyl/N-ethyl adjacent to an activating group) is 1. The molecule has 136 valence electrons. The maximum absolute atomic E-state index is 13.0. The number of halogens is 4. The molecule has 0 aromatic heterocycles. The molecule has 0 heterocycles. The molecule has 0 saturated carbocycles. The second-order valence-corrected chi connectivity index (χ2v) is 6.27. The highest BCUT2D eigenvalue weighted by Gasteiger charge is 2.40. The topological polar surface area (TPSA) is 3.24 Å². The fraction of sp³-hybridized carbons (Fsp3) is 0.400. The van der Waals surface area contributed by atoms with Crippen LogP contribution in [0.4, 0.5) is 17.6 Å². The normalized spacial score (nSPS) is 13.2. The van der Waals surface area contributed by atoms with Crippen LogP contribution in [0.15, 0.2) is 48.5 Å². The molecular formula is C20H23F4N. The smallest absolute Gasteiger partial charge is 0.295 e. The van der Waals surface area contributed by atoms with E-state index in [0.717, 1.165) is 16.7 Å². The summed E-state index contributed by atoms with van der Waals surface area (Å²) < 4.78 is 52.1. The van der Waals surface area contributed by atoms with Crippen molar-refractivity contribution >= 4 is 0 Å². The van der Waals surface area contributed by atoms with Gasteiger partial charge < -0.3 is 0 Å². The lowest BCUT2D eigenvalue weighted by Gasteiger charge is -2.29. The average molecular weight is 353 g/mol. The van der Waals surface area contributed by atoms with Gasteiger partial charge in [0.25, 0.3) is 0 Å². The van der Waals surface area contributed by atoms with Crippen LogP contribution in [0, 0.1) is 5.82 Å². The SMILES string of the molecule is CCC(N(C)CCc1ccccc1Cc1ccc(F)cc1)C(F)(F)F. The Morgan fingerprint density at radius 1 is 0.960 bits per heavy atom. The van der Waals surface area contributed by atoms with E-state index in [0.29, 0.717) is 19.4 Å². The highest BCUT2D eigenvalue weighted by molar-refractivity contribution is 5.33. The Balaban J connectivity index is 2.06. The van der Waals surface area contributed by atoms with Crippen molar-refractivity contribution in [3.8, 4) is 0 Å². The molecular weight excluding hydrogens is 330 g/mol. The van der Waals surface area contributed by atoms with Gasteiger partial charge in [-0.1, -0.05) is 43.3 Å². The summed E-state index contributed by atoms with van der Waals surface area (Å²) >= 11 is 0. The number of benzene rings is 2. The van der Waals surface area contributed by atoms with Crippen molar-refractivity contribution in [3.63, 3.8) is 0 Å². The molecule has 0 aliphatic rings. The van der Waals surface area contributed by atoms with Gasteiger partial charge in [-0.05, 0) is 55.1 Å². The summed E-state index contributed by atoms with van der Waals surface area (Å²) in [6.07, 6.45) is -2.99. The number of rotatable bonds is 7. The molecule has 0 radical (unpaired) electrons. The Labute approximate surface area is 146 Å². The van der Waals surface area contributed by atoms with Crippen LogP contribution in [0.1, 0.15) is 30.0 Å². The van der Waals surface area contributed by atoms with E-state index in [-0.39, 0.29) is 12.2 Å². The van der Waals surface area contributed by atoms with E-state index in [1.54, 1.807) is 19.1 Å². The van der Waals surface area contributed by atoms with E-state index < -0.39 is 12.2 Å². The minimum atomic E-state index is -4.21. The lowest BCUT2D eigenvalue weighted by molar-refractivity contribution is -0.180. The molecule has 25 heavy (non-hydrogen) atoms. The Morgan fingerprint density at radius 3 is 2.12 bits per heavy atom. The predicted molar refractivity (Wildman–Crippen MR) is 92.1 cm³/mol. The molecule has 0 N–H and O–H groups in total. The molecule has 1 nitrogen and oxygen atoms in total. The van der Waals surface area contributed by atoms with Crippen molar-refractivity contribution in [1.82, 2.24) is 4.90 Å². The molecule has 1 unspecified atom stereocenters. The quantitative estimate of drug-likeness (QED) is 0.616. The van der Waals surface area contributed by atoms with Crippen LogP contribution in [-0.4, -0.2) is 30.7 Å². The van der Waals surface area contributed by atoms with Crippen LogP contribution >= 0.6 is 0 Å². The number of hydrogen-bond acceptors (Lipinski definition) is 1. The van der Waals surface area contributed by atoms with Gasteiger partial charge >= 0.3 is 6.18 Å². The van der Waals surface area contributed by atoms with Crippen LogP contribution in [-0.2, 0) is 12.8 Å². The van der Waals surface area contributed by atoms with Crippen molar-refractivity contribution in [1.29, 1.82) is 0 Å². The third kappa shape index (κ3) is 5.56. The van der Waals surface area contributed by atoms with Crippen molar-refractivity contribution in [3.05, 3.63) is 71.0 Å². The van der Waals surface area contributed by atoms with Gasteiger partial charge in [0.1, 0.15) is 11.9 Å². The molecule has 5 heteroatoms. The first-order valence-corrected chi connectivity index (χ1v) is 8.39. The first-order valence-electron chi connectivity index (χ1n) is 8.39. The highest BCUT2D eigenvalue weighted by Crippen LogP contribution is 2.26. The summed E-state index contributed by atoms with van der Waals surface area (Å²) in [5, 5.41) is 0. The molecule has 0 aliphatic carbocycles. The van der Waals surface area contributed by atoms with Gasteiger partial charge in [-0.2, -0.15) is 13.2 Å². The van der Waals surface area contributed by atoms with Crippen molar-refractivity contribution in [2.24, 2.45) is 0 Å². The third-order valence-corrected chi connectivity index (χ3v) is 4.46. The molecule has 2 rings (SSSR count). The minimum absolute atomic E-state index is 0.0389. The summed E-state index contributed by atoms with van der Waals surface area (Å²) in [5.74, 6) is -0.281. The van der Waals surface area contributed by atoms with Gasteiger partial charge in [0.05, 0.1) is 0 Å². The first kappa shape index (κ1) is 19.4. The fourth-order valence-electron chi connectivity index (χ4n) is 3.04. The molecule has 0 amide bonds. The second-order valence-electron chi connectivity index (χ2n) is 6.27. The highest BCUT2D eigenvalue weighted by atomic mass is 19.4. The average Bonchev–Trinajstić information content (AvgIpc) is 2.55. The molecule has 1 atom stereocenters.